The lowest BCUT2D eigenvalue weighted by molar-refractivity contribution is -0.167. The Morgan fingerprint density at radius 2 is 0.923 bits per heavy atom. The van der Waals surface area contributed by atoms with Gasteiger partial charge in [-0.1, -0.05) is 24.3 Å². The van der Waals surface area contributed by atoms with Crippen LogP contribution in [0.3, 0.4) is 0 Å². The zero-order valence-corrected chi connectivity index (χ0v) is 48.4. The summed E-state index contributed by atoms with van der Waals surface area (Å²) in [5.74, 6) is -11.1. The number of carboxylic acids is 1. The van der Waals surface area contributed by atoms with Gasteiger partial charge in [0.15, 0.2) is 0 Å². The van der Waals surface area contributed by atoms with Crippen molar-refractivity contribution in [3.8, 4) is 11.4 Å². The first kappa shape index (κ1) is 66.3. The van der Waals surface area contributed by atoms with Crippen molar-refractivity contribution in [3.63, 3.8) is 0 Å². The highest BCUT2D eigenvalue weighted by Crippen LogP contribution is 2.35. The SMILES string of the molecule is COC(=O)[C@H](Cc1ccc(-n2c(=O)c3c(n(C)c2=O)COCC3)cc1)NC(=O)c1c(F)cc(N2CCOC[C@@H]2C(F)(F)F)cc1F.Cn1c2c(c(=O)n(-c3ccc(C[C@H](NC(=O)c4c(F)cc(N5CCOC[C@@H]5C(F)(F)F)cc4F)C(=O)O)cc3)c1=O)CCOC2. The zero-order chi connectivity index (χ0) is 66.0. The summed E-state index contributed by atoms with van der Waals surface area (Å²) in [6.07, 6.45) is -9.39. The Hall–Kier alpha value is -9.14. The number of carbonyl (C=O) groups is 4. The van der Waals surface area contributed by atoms with Gasteiger partial charge < -0.3 is 49.2 Å². The number of rotatable bonds is 14. The number of hydrogen-bond acceptors (Lipinski definition) is 15. The summed E-state index contributed by atoms with van der Waals surface area (Å²) < 4.78 is 171. The Morgan fingerprint density at radius 1 is 0.560 bits per heavy atom. The monoisotopic (exact) mass is 1290 g/mol. The number of carbonyl (C=O) groups excluding carboxylic acids is 3. The minimum atomic E-state index is -4.75. The van der Waals surface area contributed by atoms with Gasteiger partial charge >= 0.3 is 35.7 Å². The molecule has 0 bridgehead atoms. The maximum Gasteiger partial charge on any atom is 0.411 e. The van der Waals surface area contributed by atoms with Gasteiger partial charge in [-0.15, -0.1) is 0 Å². The summed E-state index contributed by atoms with van der Waals surface area (Å²) in [5.41, 5.74) is -2.20. The normalized spacial score (nSPS) is 17.4. The minimum absolute atomic E-state index is 0.101. The average Bonchev–Trinajstić information content (AvgIpc) is 0.812. The van der Waals surface area contributed by atoms with Crippen LogP contribution in [0.1, 0.15) is 54.4 Å². The second-order valence-corrected chi connectivity index (χ2v) is 21.3. The van der Waals surface area contributed by atoms with E-state index in [1.54, 1.807) is 0 Å². The maximum absolute atomic E-state index is 15.1. The van der Waals surface area contributed by atoms with Crippen molar-refractivity contribution in [2.45, 2.75) is 75.4 Å². The molecule has 0 radical (unpaired) electrons. The topological polar surface area (TPSA) is 253 Å². The lowest BCUT2D eigenvalue weighted by atomic mass is 10.0. The number of morpholine rings is 2. The highest BCUT2D eigenvalue weighted by atomic mass is 19.4. The molecule has 4 aromatic carbocycles. The van der Waals surface area contributed by atoms with Crippen LogP contribution < -0.4 is 42.9 Å². The number of esters is 1. The highest BCUT2D eigenvalue weighted by Gasteiger charge is 2.47. The van der Waals surface area contributed by atoms with Crippen LogP contribution in [0.15, 0.2) is 92.0 Å². The molecule has 2 amide bonds. The molecule has 22 nitrogen and oxygen atoms in total. The Labute approximate surface area is 507 Å². The standard InChI is InChI=1S/C30H29F5N4O7.C29H27F5N4O7/c1-37-23-14-45-9-7-19(23)27(41)39(29(37)43)17-5-3-16(4-6-17)11-22(28(42)44-2)36-26(40)25-20(31)12-18(13-21(25)32)38-8-10-46-15-24(38)30(33,34)35;1-36-22-13-44-8-6-18(22)26(40)38(28(36)43)16-4-2-15(3-5-16)10-21(27(41)42)35-25(39)24-19(30)11-17(12-20(24)31)37-7-9-45-14-23(37)29(32,33)34/h3-6,12-13,22,24H,7-11,14-15H2,1-2H3,(H,36,40);2-5,11-12,21,23H,6-10,13-14H2,1H3,(H,35,39)(H,41,42)/t22-,24+;21-,23+/m00/s1. The second kappa shape index (κ2) is 27.1. The number of benzene rings is 4. The summed E-state index contributed by atoms with van der Waals surface area (Å²) >= 11 is 0. The van der Waals surface area contributed by atoms with Gasteiger partial charge in [0.05, 0.1) is 82.7 Å². The lowest BCUT2D eigenvalue weighted by Crippen LogP contribution is -2.53. The molecule has 4 aliphatic rings. The van der Waals surface area contributed by atoms with Gasteiger partial charge in [-0.3, -0.25) is 28.3 Å². The number of fused-ring (bicyclic) bond motifs is 2. The maximum atomic E-state index is 15.1. The number of methoxy groups -OCH3 is 1. The van der Waals surface area contributed by atoms with E-state index in [4.69, 9.17) is 23.7 Å². The smallest absolute Gasteiger partial charge is 0.411 e. The first-order chi connectivity index (χ1) is 43.1. The molecule has 0 spiro atoms. The number of nitrogens with one attached hydrogen (secondary N) is 2. The minimum Gasteiger partial charge on any atom is -0.480 e. The van der Waals surface area contributed by atoms with E-state index in [0.717, 1.165) is 26.0 Å². The fourth-order valence-electron chi connectivity index (χ4n) is 10.9. The van der Waals surface area contributed by atoms with Gasteiger partial charge in [0.2, 0.25) is 0 Å². The van der Waals surface area contributed by atoms with E-state index in [0.29, 0.717) is 84.0 Å². The molecule has 32 heteroatoms. The molecule has 4 atom stereocenters. The summed E-state index contributed by atoms with van der Waals surface area (Å²) in [7, 11) is 4.09. The number of carboxylic acid groups (broad SMARTS) is 1. The van der Waals surface area contributed by atoms with Gasteiger partial charge in [0.1, 0.15) is 58.6 Å². The summed E-state index contributed by atoms with van der Waals surface area (Å²) in [6, 6.07) is 6.64. The molecule has 6 aromatic rings. The van der Waals surface area contributed by atoms with E-state index in [1.807, 2.05) is 5.32 Å². The number of ether oxygens (including phenoxy) is 5. The van der Waals surface area contributed by atoms with Gasteiger partial charge in [0, 0.05) is 75.4 Å². The molecule has 91 heavy (non-hydrogen) atoms. The molecule has 2 fully saturated rings. The Bertz CT molecular complexity index is 3990. The quantitative estimate of drug-likeness (QED) is 0.102. The fraction of sp³-hybridized carbons (Fsp3) is 0.390. The molecule has 0 unspecified atom stereocenters. The highest BCUT2D eigenvalue weighted by molar-refractivity contribution is 5.98. The molecular formula is C59H56F10N8O14. The summed E-state index contributed by atoms with van der Waals surface area (Å²) in [6.45, 7) is -1.35. The second-order valence-electron chi connectivity index (χ2n) is 21.3. The first-order valence-electron chi connectivity index (χ1n) is 27.8. The van der Waals surface area contributed by atoms with E-state index < -0.39 is 142 Å². The molecule has 2 aromatic heterocycles. The number of aromatic nitrogens is 4. The predicted octanol–water partition coefficient (Wildman–Crippen LogP) is 4.25. The predicted molar refractivity (Wildman–Crippen MR) is 300 cm³/mol. The molecule has 3 N–H and O–H groups in total. The number of aliphatic carboxylic acids is 1. The summed E-state index contributed by atoms with van der Waals surface area (Å²) in [4.78, 5) is 104. The largest absolute Gasteiger partial charge is 0.480 e. The fourth-order valence-corrected chi connectivity index (χ4v) is 10.9. The third-order valence-electron chi connectivity index (χ3n) is 15.7. The van der Waals surface area contributed by atoms with Crippen LogP contribution in [0.2, 0.25) is 0 Å². The third kappa shape index (κ3) is 14.1. The molecule has 4 aliphatic heterocycles. The van der Waals surface area contributed by atoms with Crippen molar-refractivity contribution in [3.05, 3.63) is 183 Å². The Balaban J connectivity index is 0.000000215. The van der Waals surface area contributed by atoms with Crippen molar-refractivity contribution < 1.29 is 91.9 Å². The van der Waals surface area contributed by atoms with E-state index in [2.05, 4.69) is 5.32 Å². The van der Waals surface area contributed by atoms with Gasteiger partial charge in [-0.25, -0.2) is 45.9 Å². The van der Waals surface area contributed by atoms with Gasteiger partial charge in [-0.2, -0.15) is 26.3 Å². The van der Waals surface area contributed by atoms with Crippen molar-refractivity contribution in [1.82, 2.24) is 28.9 Å². The number of halogens is 10. The summed E-state index contributed by atoms with van der Waals surface area (Å²) in [5, 5.41) is 14.0. The number of nitrogens with zero attached hydrogens (tertiary/aromatic N) is 6. The van der Waals surface area contributed by atoms with Crippen molar-refractivity contribution in [2.24, 2.45) is 14.1 Å². The first-order valence-corrected chi connectivity index (χ1v) is 27.8. The molecular weight excluding hydrogens is 1230 g/mol. The average molecular weight is 1290 g/mol. The number of anilines is 2. The Kier molecular flexibility index (Phi) is 19.8. The van der Waals surface area contributed by atoms with E-state index in [1.165, 1.54) is 71.8 Å². The van der Waals surface area contributed by atoms with Crippen LogP contribution in [-0.4, -0.2) is 143 Å². The lowest BCUT2D eigenvalue weighted by Gasteiger charge is -2.38. The van der Waals surface area contributed by atoms with Crippen molar-refractivity contribution in [1.29, 1.82) is 0 Å². The van der Waals surface area contributed by atoms with E-state index >= 15 is 8.78 Å². The van der Waals surface area contributed by atoms with E-state index in [9.17, 15) is 78.6 Å². The molecule has 6 heterocycles. The van der Waals surface area contributed by atoms with Crippen molar-refractivity contribution >= 4 is 35.1 Å². The number of hydrogen-bond donors (Lipinski definition) is 3. The van der Waals surface area contributed by atoms with Gasteiger partial charge in [0.25, 0.3) is 22.9 Å². The molecule has 0 aliphatic carbocycles. The zero-order valence-electron chi connectivity index (χ0n) is 48.4. The van der Waals surface area contributed by atoms with Crippen LogP contribution >= 0.6 is 0 Å². The van der Waals surface area contributed by atoms with Gasteiger partial charge in [-0.05, 0) is 59.7 Å². The van der Waals surface area contributed by atoms with Crippen LogP contribution in [0.5, 0.6) is 0 Å². The molecule has 486 valence electrons. The number of amides is 2. The van der Waals surface area contributed by atoms with Crippen LogP contribution in [-0.2, 0) is 86.3 Å². The van der Waals surface area contributed by atoms with Crippen LogP contribution in [0, 0.1) is 23.3 Å². The number of alkyl halides is 6. The Morgan fingerprint density at radius 3 is 1.27 bits per heavy atom. The van der Waals surface area contributed by atoms with Crippen molar-refractivity contribution in [2.75, 3.05) is 69.6 Å². The van der Waals surface area contributed by atoms with Crippen LogP contribution in [0.25, 0.3) is 11.4 Å². The van der Waals surface area contributed by atoms with Crippen LogP contribution in [0.4, 0.5) is 55.3 Å². The molecule has 2 saturated heterocycles. The molecule has 10 rings (SSSR count). The third-order valence-corrected chi connectivity index (χ3v) is 15.7. The molecule has 0 saturated carbocycles. The van der Waals surface area contributed by atoms with E-state index in [-0.39, 0.29) is 63.7 Å².